The molecule has 1 N–H and O–H groups in total. The second kappa shape index (κ2) is 7.61. The van der Waals surface area contributed by atoms with E-state index in [-0.39, 0.29) is 12.1 Å². The molecule has 28 heavy (non-hydrogen) atoms. The molecule has 1 aliphatic heterocycles. The molecular formula is C20H20ClN5O2. The molecule has 0 fully saturated rings. The van der Waals surface area contributed by atoms with Crippen molar-refractivity contribution in [3.63, 3.8) is 0 Å². The van der Waals surface area contributed by atoms with Gasteiger partial charge < -0.3 is 9.30 Å². The van der Waals surface area contributed by atoms with Crippen molar-refractivity contribution >= 4 is 17.4 Å². The predicted octanol–water partition coefficient (Wildman–Crippen LogP) is 3.65. The molecule has 0 bridgehead atoms. The molecule has 0 saturated heterocycles. The highest BCUT2D eigenvalue weighted by molar-refractivity contribution is 6.30. The number of halogens is 1. The van der Waals surface area contributed by atoms with Crippen molar-refractivity contribution in [2.75, 3.05) is 7.11 Å². The number of pyridine rings is 1. The minimum atomic E-state index is -0.169. The Hall–Kier alpha value is -2.90. The number of benzene rings is 1. The molecule has 0 radical (unpaired) electrons. The molecule has 3 heterocycles. The molecule has 144 valence electrons. The topological polar surface area (TPSA) is 73.6 Å². The maximum Gasteiger partial charge on any atom is 0.238 e. The van der Waals surface area contributed by atoms with Gasteiger partial charge >= 0.3 is 0 Å². The van der Waals surface area contributed by atoms with E-state index in [0.29, 0.717) is 22.4 Å². The van der Waals surface area contributed by atoms with Crippen LogP contribution in [0.2, 0.25) is 5.02 Å². The van der Waals surface area contributed by atoms with Crippen LogP contribution >= 0.6 is 11.6 Å². The fourth-order valence-electron chi connectivity index (χ4n) is 3.07. The summed E-state index contributed by atoms with van der Waals surface area (Å²) in [5.41, 5.74) is 6.26. The lowest BCUT2D eigenvalue weighted by Gasteiger charge is -2.28. The number of aromatic nitrogens is 3. The molecule has 1 aliphatic rings. The van der Waals surface area contributed by atoms with Crippen LogP contribution in [0, 0.1) is 6.92 Å². The molecule has 1 aromatic carbocycles. The summed E-state index contributed by atoms with van der Waals surface area (Å²) in [4.78, 5) is 19.4. The van der Waals surface area contributed by atoms with Crippen molar-refractivity contribution < 1.29 is 9.57 Å². The van der Waals surface area contributed by atoms with E-state index in [4.69, 9.17) is 26.2 Å². The molecule has 3 aromatic rings. The monoisotopic (exact) mass is 397 g/mol. The van der Waals surface area contributed by atoms with Gasteiger partial charge in [-0.3, -0.25) is 9.83 Å². The zero-order valence-corrected chi connectivity index (χ0v) is 16.5. The van der Waals surface area contributed by atoms with Crippen LogP contribution in [0.1, 0.15) is 29.9 Å². The number of aliphatic imine (C=N–C) groups is 1. The zero-order valence-electron chi connectivity index (χ0n) is 15.8. The smallest absolute Gasteiger partial charge is 0.238 e. The third-order valence-electron chi connectivity index (χ3n) is 4.53. The quantitative estimate of drug-likeness (QED) is 0.727. The molecule has 4 rings (SSSR count). The third kappa shape index (κ3) is 3.58. The molecule has 2 aromatic heterocycles. The van der Waals surface area contributed by atoms with Crippen LogP contribution < -0.4 is 10.2 Å². The van der Waals surface area contributed by atoms with E-state index in [1.165, 1.54) is 0 Å². The van der Waals surface area contributed by atoms with Crippen molar-refractivity contribution in [1.29, 1.82) is 0 Å². The molecule has 2 atom stereocenters. The van der Waals surface area contributed by atoms with E-state index in [2.05, 4.69) is 15.4 Å². The SMILES string of the molecule is COc1nc(C2=NC(c3ccc(Cl)cc3)C(C)ON2)ccc1-n1cnc(C)c1. The van der Waals surface area contributed by atoms with Crippen molar-refractivity contribution in [2.24, 2.45) is 4.99 Å². The fourth-order valence-corrected chi connectivity index (χ4v) is 3.20. The standard InChI is InChI=1S/C20H20ClN5O2/c1-12-10-26(11-22-12)17-9-8-16(23-20(17)27-3)19-24-18(13(2)28-25-19)14-4-6-15(21)7-5-14/h4-11,13,18H,1-3H3,(H,24,25). The Balaban J connectivity index is 1.69. The van der Waals surface area contributed by atoms with Gasteiger partial charge in [0.25, 0.3) is 0 Å². The van der Waals surface area contributed by atoms with Gasteiger partial charge in [-0.15, -0.1) is 0 Å². The number of imidazole rings is 1. The number of nitrogens with zero attached hydrogens (tertiary/aromatic N) is 4. The van der Waals surface area contributed by atoms with Crippen LogP contribution in [0.15, 0.2) is 53.9 Å². The van der Waals surface area contributed by atoms with Gasteiger partial charge in [0.15, 0.2) is 5.84 Å². The van der Waals surface area contributed by atoms with E-state index in [1.54, 1.807) is 13.4 Å². The summed E-state index contributed by atoms with van der Waals surface area (Å²) in [5, 5.41) is 0.687. The number of ether oxygens (including phenoxy) is 1. The van der Waals surface area contributed by atoms with Gasteiger partial charge in [0.2, 0.25) is 5.88 Å². The molecule has 2 unspecified atom stereocenters. The Labute approximate surface area is 168 Å². The van der Waals surface area contributed by atoms with Crippen LogP contribution in [-0.2, 0) is 4.84 Å². The average molecular weight is 398 g/mol. The third-order valence-corrected chi connectivity index (χ3v) is 4.78. The minimum absolute atomic E-state index is 0.139. The maximum absolute atomic E-state index is 6.00. The number of hydrogen-bond acceptors (Lipinski definition) is 6. The summed E-state index contributed by atoms with van der Waals surface area (Å²) < 4.78 is 7.36. The molecule has 0 aliphatic carbocycles. The van der Waals surface area contributed by atoms with Crippen LogP contribution in [0.3, 0.4) is 0 Å². The van der Waals surface area contributed by atoms with Crippen molar-refractivity contribution in [1.82, 2.24) is 20.0 Å². The van der Waals surface area contributed by atoms with Crippen LogP contribution in [-0.4, -0.2) is 33.6 Å². The van der Waals surface area contributed by atoms with Crippen LogP contribution in [0.25, 0.3) is 5.69 Å². The Kier molecular flexibility index (Phi) is 5.02. The van der Waals surface area contributed by atoms with E-state index in [0.717, 1.165) is 16.9 Å². The number of amidine groups is 1. The Morgan fingerprint density at radius 1 is 1.18 bits per heavy atom. The zero-order chi connectivity index (χ0) is 19.7. The number of methoxy groups -OCH3 is 1. The second-order valence-corrected chi connectivity index (χ2v) is 6.98. The summed E-state index contributed by atoms with van der Waals surface area (Å²) in [7, 11) is 1.59. The lowest BCUT2D eigenvalue weighted by molar-refractivity contribution is -0.00478. The highest BCUT2D eigenvalue weighted by atomic mass is 35.5. The summed E-state index contributed by atoms with van der Waals surface area (Å²) in [6.07, 6.45) is 3.50. The van der Waals surface area contributed by atoms with E-state index in [1.807, 2.05) is 61.0 Å². The first-order valence-corrected chi connectivity index (χ1v) is 9.24. The summed E-state index contributed by atoms with van der Waals surface area (Å²) in [6.45, 7) is 3.89. The lowest BCUT2D eigenvalue weighted by atomic mass is 10.0. The molecule has 8 heteroatoms. The van der Waals surface area contributed by atoms with Crippen LogP contribution in [0.5, 0.6) is 5.88 Å². The average Bonchev–Trinajstić information content (AvgIpc) is 3.15. The van der Waals surface area contributed by atoms with E-state index in [9.17, 15) is 0 Å². The molecule has 7 nitrogen and oxygen atoms in total. The van der Waals surface area contributed by atoms with Gasteiger partial charge in [-0.1, -0.05) is 23.7 Å². The lowest BCUT2D eigenvalue weighted by Crippen LogP contribution is -2.38. The van der Waals surface area contributed by atoms with E-state index >= 15 is 0 Å². The molecule has 0 saturated carbocycles. The fraction of sp³-hybridized carbons (Fsp3) is 0.250. The maximum atomic E-state index is 6.00. The minimum Gasteiger partial charge on any atom is -0.479 e. The highest BCUT2D eigenvalue weighted by Gasteiger charge is 2.26. The largest absolute Gasteiger partial charge is 0.479 e. The molecule has 0 amide bonds. The van der Waals surface area contributed by atoms with Gasteiger partial charge in [-0.05, 0) is 43.7 Å². The van der Waals surface area contributed by atoms with Gasteiger partial charge in [0, 0.05) is 11.2 Å². The first-order valence-electron chi connectivity index (χ1n) is 8.86. The number of hydroxylamine groups is 1. The van der Waals surface area contributed by atoms with Crippen molar-refractivity contribution in [3.05, 3.63) is 70.9 Å². The van der Waals surface area contributed by atoms with Crippen LogP contribution in [0.4, 0.5) is 0 Å². The highest BCUT2D eigenvalue weighted by Crippen LogP contribution is 2.28. The van der Waals surface area contributed by atoms with E-state index < -0.39 is 0 Å². The van der Waals surface area contributed by atoms with Gasteiger partial charge in [-0.2, -0.15) is 0 Å². The summed E-state index contributed by atoms with van der Waals surface area (Å²) >= 11 is 6.00. The number of hydrogen-bond donors (Lipinski definition) is 1. The Bertz CT molecular complexity index is 1020. The normalized spacial score (nSPS) is 19.1. The molecule has 0 spiro atoms. The Morgan fingerprint density at radius 3 is 2.64 bits per heavy atom. The first-order chi connectivity index (χ1) is 13.5. The number of nitrogens with one attached hydrogen (secondary N) is 1. The van der Waals surface area contributed by atoms with Gasteiger partial charge in [0.1, 0.15) is 23.5 Å². The number of rotatable bonds is 4. The first kappa shape index (κ1) is 18.5. The second-order valence-electron chi connectivity index (χ2n) is 6.55. The van der Waals surface area contributed by atoms with Gasteiger partial charge in [-0.25, -0.2) is 15.4 Å². The predicted molar refractivity (Wildman–Crippen MR) is 107 cm³/mol. The van der Waals surface area contributed by atoms with Crippen molar-refractivity contribution in [3.8, 4) is 11.6 Å². The van der Waals surface area contributed by atoms with Crippen molar-refractivity contribution in [2.45, 2.75) is 26.0 Å². The molecular weight excluding hydrogens is 378 g/mol. The number of aryl methyl sites for hydroxylation is 1. The Morgan fingerprint density at radius 2 is 1.96 bits per heavy atom. The summed E-state index contributed by atoms with van der Waals surface area (Å²) in [5.74, 6) is 1.02. The summed E-state index contributed by atoms with van der Waals surface area (Å²) in [6, 6.07) is 11.2. The van der Waals surface area contributed by atoms with Gasteiger partial charge in [0.05, 0.1) is 19.1 Å².